The van der Waals surface area contributed by atoms with Crippen LogP contribution in [-0.4, -0.2) is 18.4 Å². The summed E-state index contributed by atoms with van der Waals surface area (Å²) in [5, 5.41) is 6.10. The van der Waals surface area contributed by atoms with E-state index in [1.54, 1.807) is 0 Å². The highest BCUT2D eigenvalue weighted by Gasteiger charge is 2.10. The molecule has 0 saturated carbocycles. The number of nitrogens with two attached hydrogens (primary N) is 2. The van der Waals surface area contributed by atoms with Gasteiger partial charge in [-0.1, -0.05) is 13.2 Å². The van der Waals surface area contributed by atoms with Crippen LogP contribution in [0.15, 0.2) is 24.4 Å². The fourth-order valence-corrected chi connectivity index (χ4v) is 0.872. The maximum Gasteiger partial charge on any atom is 0.0958 e. The van der Waals surface area contributed by atoms with Gasteiger partial charge in [0.2, 0.25) is 0 Å². The molecule has 0 aliphatic heterocycles. The van der Waals surface area contributed by atoms with Crippen LogP contribution in [0, 0.1) is 0 Å². The van der Waals surface area contributed by atoms with Crippen molar-refractivity contribution in [3.63, 3.8) is 0 Å². The SMILES string of the molecule is C=C(C)C(N)NC(=C)C(N)NC(C)C. The molecule has 0 amide bonds. The Morgan fingerprint density at radius 2 is 1.64 bits per heavy atom. The molecular weight excluding hydrogens is 176 g/mol. The number of hydrogen-bond donors (Lipinski definition) is 4. The Bertz CT molecular complexity index is 210. The zero-order valence-electron chi connectivity index (χ0n) is 9.30. The van der Waals surface area contributed by atoms with Crippen LogP contribution >= 0.6 is 0 Å². The van der Waals surface area contributed by atoms with Crippen LogP contribution in [0.2, 0.25) is 0 Å². The Kier molecular flexibility index (Phi) is 5.45. The van der Waals surface area contributed by atoms with Crippen LogP contribution in [0.25, 0.3) is 0 Å². The second kappa shape index (κ2) is 5.80. The Hall–Kier alpha value is -0.840. The molecule has 82 valence electrons. The van der Waals surface area contributed by atoms with Gasteiger partial charge in [-0.25, -0.2) is 0 Å². The molecule has 6 N–H and O–H groups in total. The summed E-state index contributed by atoms with van der Waals surface area (Å²) in [4.78, 5) is 0. The van der Waals surface area contributed by atoms with Gasteiger partial charge in [0.05, 0.1) is 12.3 Å². The normalized spacial score (nSPS) is 15.0. The van der Waals surface area contributed by atoms with Gasteiger partial charge < -0.3 is 16.8 Å². The van der Waals surface area contributed by atoms with E-state index in [4.69, 9.17) is 11.5 Å². The fraction of sp³-hybridized carbons (Fsp3) is 0.600. The number of nitrogens with one attached hydrogen (secondary N) is 2. The summed E-state index contributed by atoms with van der Waals surface area (Å²) in [6.45, 7) is 13.4. The van der Waals surface area contributed by atoms with E-state index in [1.165, 1.54) is 0 Å². The van der Waals surface area contributed by atoms with Crippen LogP contribution in [-0.2, 0) is 0 Å². The summed E-state index contributed by atoms with van der Waals surface area (Å²) in [7, 11) is 0. The average molecular weight is 198 g/mol. The molecule has 4 heteroatoms. The minimum Gasteiger partial charge on any atom is -0.368 e. The Balaban J connectivity index is 4.01. The van der Waals surface area contributed by atoms with Crippen molar-refractivity contribution in [1.29, 1.82) is 0 Å². The Morgan fingerprint density at radius 3 is 2.00 bits per heavy atom. The van der Waals surface area contributed by atoms with E-state index in [1.807, 2.05) is 20.8 Å². The standard InChI is InChI=1S/C10H22N4/c1-6(2)9(11)14-8(5)10(12)13-7(3)4/h7,9-10,13-14H,1,5,11-12H2,2-4H3. The van der Waals surface area contributed by atoms with Gasteiger partial charge in [0, 0.05) is 11.7 Å². The third-order valence-corrected chi connectivity index (χ3v) is 1.76. The van der Waals surface area contributed by atoms with E-state index in [-0.39, 0.29) is 12.3 Å². The lowest BCUT2D eigenvalue weighted by molar-refractivity contribution is 0.484. The molecule has 2 atom stereocenters. The molecule has 0 aliphatic rings. The third-order valence-electron chi connectivity index (χ3n) is 1.76. The summed E-state index contributed by atoms with van der Waals surface area (Å²) >= 11 is 0. The van der Waals surface area contributed by atoms with Crippen molar-refractivity contribution in [3.05, 3.63) is 24.4 Å². The van der Waals surface area contributed by atoms with E-state index in [2.05, 4.69) is 23.8 Å². The first kappa shape index (κ1) is 13.2. The van der Waals surface area contributed by atoms with Crippen molar-refractivity contribution in [1.82, 2.24) is 10.6 Å². The Morgan fingerprint density at radius 1 is 1.14 bits per heavy atom. The molecule has 0 aliphatic carbocycles. The van der Waals surface area contributed by atoms with Gasteiger partial charge in [-0.05, 0) is 26.3 Å². The maximum absolute atomic E-state index is 5.81. The van der Waals surface area contributed by atoms with Gasteiger partial charge in [0.1, 0.15) is 0 Å². The molecule has 0 aromatic rings. The van der Waals surface area contributed by atoms with Crippen molar-refractivity contribution < 1.29 is 0 Å². The average Bonchev–Trinajstić information content (AvgIpc) is 2.02. The minimum absolute atomic E-state index is 0.289. The lowest BCUT2D eigenvalue weighted by Crippen LogP contribution is -2.50. The molecule has 0 bridgehead atoms. The highest BCUT2D eigenvalue weighted by molar-refractivity contribution is 5.08. The maximum atomic E-state index is 5.81. The zero-order chi connectivity index (χ0) is 11.3. The molecule has 0 heterocycles. The van der Waals surface area contributed by atoms with Gasteiger partial charge >= 0.3 is 0 Å². The van der Waals surface area contributed by atoms with E-state index < -0.39 is 0 Å². The van der Waals surface area contributed by atoms with Gasteiger partial charge in [0.15, 0.2) is 0 Å². The topological polar surface area (TPSA) is 76.1 Å². The van der Waals surface area contributed by atoms with Crippen LogP contribution in [0.4, 0.5) is 0 Å². The lowest BCUT2D eigenvalue weighted by Gasteiger charge is -2.23. The molecular formula is C10H22N4. The molecule has 0 saturated heterocycles. The van der Waals surface area contributed by atoms with Crippen molar-refractivity contribution in [3.8, 4) is 0 Å². The quantitative estimate of drug-likeness (QED) is 0.364. The number of rotatable bonds is 6. The summed E-state index contributed by atoms with van der Waals surface area (Å²) in [5.41, 5.74) is 13.1. The highest BCUT2D eigenvalue weighted by Crippen LogP contribution is 1.96. The molecule has 0 rings (SSSR count). The summed E-state index contributed by atoms with van der Waals surface area (Å²) in [5.74, 6) is 0. The molecule has 0 fully saturated rings. The van der Waals surface area contributed by atoms with Gasteiger partial charge in [0.25, 0.3) is 0 Å². The second-order valence-corrected chi connectivity index (χ2v) is 3.79. The van der Waals surface area contributed by atoms with Crippen LogP contribution in [0.5, 0.6) is 0 Å². The molecule has 14 heavy (non-hydrogen) atoms. The van der Waals surface area contributed by atoms with Crippen molar-refractivity contribution in [2.75, 3.05) is 0 Å². The lowest BCUT2D eigenvalue weighted by atomic mass is 10.2. The van der Waals surface area contributed by atoms with Gasteiger partial charge in [-0.2, -0.15) is 0 Å². The van der Waals surface area contributed by atoms with E-state index >= 15 is 0 Å². The molecule has 0 aromatic heterocycles. The first-order chi connectivity index (χ1) is 6.34. The van der Waals surface area contributed by atoms with E-state index in [0.717, 1.165) is 5.57 Å². The van der Waals surface area contributed by atoms with Crippen molar-refractivity contribution >= 4 is 0 Å². The molecule has 4 nitrogen and oxygen atoms in total. The van der Waals surface area contributed by atoms with E-state index in [0.29, 0.717) is 11.7 Å². The summed E-state index contributed by atoms with van der Waals surface area (Å²) < 4.78 is 0. The second-order valence-electron chi connectivity index (χ2n) is 3.79. The first-order valence-electron chi connectivity index (χ1n) is 4.72. The van der Waals surface area contributed by atoms with Gasteiger partial charge in [-0.3, -0.25) is 5.32 Å². The molecule has 0 spiro atoms. The monoisotopic (exact) mass is 198 g/mol. The largest absolute Gasteiger partial charge is 0.368 e. The fourth-order valence-electron chi connectivity index (χ4n) is 0.872. The van der Waals surface area contributed by atoms with Crippen LogP contribution < -0.4 is 22.1 Å². The summed E-state index contributed by atoms with van der Waals surface area (Å²) in [6, 6.07) is 0.310. The minimum atomic E-state index is -0.291. The summed E-state index contributed by atoms with van der Waals surface area (Å²) in [6.07, 6.45) is -0.581. The predicted molar refractivity (Wildman–Crippen MR) is 61.3 cm³/mol. The van der Waals surface area contributed by atoms with Crippen LogP contribution in [0.1, 0.15) is 20.8 Å². The van der Waals surface area contributed by atoms with Gasteiger partial charge in [-0.15, -0.1) is 0 Å². The molecule has 2 unspecified atom stereocenters. The zero-order valence-corrected chi connectivity index (χ0v) is 9.30. The predicted octanol–water partition coefficient (Wildman–Crippen LogP) is 0.233. The highest BCUT2D eigenvalue weighted by atomic mass is 15.1. The van der Waals surface area contributed by atoms with Crippen LogP contribution in [0.3, 0.4) is 0 Å². The molecule has 0 radical (unpaired) electrons. The number of hydrogen-bond acceptors (Lipinski definition) is 4. The van der Waals surface area contributed by atoms with Crippen molar-refractivity contribution in [2.24, 2.45) is 11.5 Å². The smallest absolute Gasteiger partial charge is 0.0958 e. The molecule has 0 aromatic carbocycles. The Labute approximate surface area is 86.4 Å². The first-order valence-corrected chi connectivity index (χ1v) is 4.72. The van der Waals surface area contributed by atoms with Crippen molar-refractivity contribution in [2.45, 2.75) is 39.1 Å². The third kappa shape index (κ3) is 5.01. The van der Waals surface area contributed by atoms with E-state index in [9.17, 15) is 0 Å².